The number of carboxylic acids is 1. The summed E-state index contributed by atoms with van der Waals surface area (Å²) in [5.74, 6) is -0.361. The number of aryl methyl sites for hydroxylation is 1. The molecule has 1 aromatic rings. The fourth-order valence-corrected chi connectivity index (χ4v) is 2.35. The largest absolute Gasteiger partial charge is 0.481 e. The van der Waals surface area contributed by atoms with E-state index in [0.29, 0.717) is 11.5 Å². The molecule has 1 aromatic carbocycles. The van der Waals surface area contributed by atoms with Gasteiger partial charge in [0.1, 0.15) is 6.29 Å². The molecule has 1 fully saturated rings. The molecule has 0 heterocycles. The third kappa shape index (κ3) is 2.73. The maximum atomic E-state index is 11.1. The van der Waals surface area contributed by atoms with E-state index in [2.05, 4.69) is 0 Å². The smallest absolute Gasteiger partial charge is 0.303 e. The maximum absolute atomic E-state index is 11.1. The van der Waals surface area contributed by atoms with Crippen molar-refractivity contribution in [2.24, 2.45) is 5.92 Å². The molecule has 90 valence electrons. The Morgan fingerprint density at radius 1 is 1.53 bits per heavy atom. The molecule has 0 aliphatic heterocycles. The van der Waals surface area contributed by atoms with Crippen molar-refractivity contribution in [2.45, 2.75) is 32.1 Å². The fourth-order valence-electron chi connectivity index (χ4n) is 2.35. The van der Waals surface area contributed by atoms with Gasteiger partial charge in [-0.25, -0.2) is 0 Å². The number of hydrogen-bond acceptors (Lipinski definition) is 2. The first-order chi connectivity index (χ1) is 8.11. The first kappa shape index (κ1) is 11.8. The monoisotopic (exact) mass is 232 g/mol. The van der Waals surface area contributed by atoms with Crippen molar-refractivity contribution in [2.75, 3.05) is 0 Å². The Bertz CT molecular complexity index is 447. The first-order valence-corrected chi connectivity index (χ1v) is 5.89. The average Bonchev–Trinajstić information content (AvgIpc) is 3.09. The molecule has 0 saturated heterocycles. The van der Waals surface area contributed by atoms with Crippen LogP contribution in [0.2, 0.25) is 0 Å². The van der Waals surface area contributed by atoms with Crippen molar-refractivity contribution in [1.82, 2.24) is 0 Å². The summed E-state index contributed by atoms with van der Waals surface area (Å²) in [6.45, 7) is 1.93. The van der Waals surface area contributed by atoms with Crippen LogP contribution in [-0.4, -0.2) is 17.4 Å². The van der Waals surface area contributed by atoms with Crippen LogP contribution in [-0.2, 0) is 4.79 Å². The van der Waals surface area contributed by atoms with E-state index in [4.69, 9.17) is 5.11 Å². The summed E-state index contributed by atoms with van der Waals surface area (Å²) in [4.78, 5) is 22.0. The van der Waals surface area contributed by atoms with Crippen LogP contribution < -0.4 is 0 Å². The van der Waals surface area contributed by atoms with Gasteiger partial charge in [-0.3, -0.25) is 9.59 Å². The molecule has 1 saturated carbocycles. The molecule has 1 aliphatic rings. The predicted molar refractivity (Wildman–Crippen MR) is 64.3 cm³/mol. The lowest BCUT2D eigenvalue weighted by atomic mass is 9.87. The molecule has 0 spiro atoms. The van der Waals surface area contributed by atoms with Crippen molar-refractivity contribution in [1.29, 1.82) is 0 Å². The van der Waals surface area contributed by atoms with Gasteiger partial charge in [-0.05, 0) is 43.2 Å². The number of aldehydes is 1. The predicted octanol–water partition coefficient (Wildman–Crippen LogP) is 2.78. The van der Waals surface area contributed by atoms with Crippen molar-refractivity contribution in [3.05, 3.63) is 34.9 Å². The Labute approximate surface area is 100 Å². The summed E-state index contributed by atoms with van der Waals surface area (Å²) in [7, 11) is 0. The van der Waals surface area contributed by atoms with E-state index >= 15 is 0 Å². The number of carboxylic acid groups (broad SMARTS) is 1. The second-order valence-electron chi connectivity index (χ2n) is 4.79. The Morgan fingerprint density at radius 3 is 2.76 bits per heavy atom. The highest BCUT2D eigenvalue weighted by atomic mass is 16.4. The third-order valence-electron chi connectivity index (χ3n) is 3.35. The van der Waals surface area contributed by atoms with E-state index in [9.17, 15) is 9.59 Å². The summed E-state index contributed by atoms with van der Waals surface area (Å²) in [5.41, 5.74) is 2.57. The van der Waals surface area contributed by atoms with Crippen LogP contribution in [0, 0.1) is 12.8 Å². The SMILES string of the molecule is Cc1ccc(C(CC(=O)O)C2CC2)c(C=O)c1. The zero-order valence-corrected chi connectivity index (χ0v) is 9.85. The molecule has 1 unspecified atom stereocenters. The molecular formula is C14H16O3. The third-order valence-corrected chi connectivity index (χ3v) is 3.35. The van der Waals surface area contributed by atoms with Crippen LogP contribution in [0.25, 0.3) is 0 Å². The van der Waals surface area contributed by atoms with Gasteiger partial charge in [0, 0.05) is 5.56 Å². The lowest BCUT2D eigenvalue weighted by Crippen LogP contribution is -2.10. The van der Waals surface area contributed by atoms with E-state index in [0.717, 1.165) is 30.3 Å². The van der Waals surface area contributed by atoms with Crippen LogP contribution in [0.1, 0.15) is 46.7 Å². The highest BCUT2D eigenvalue weighted by molar-refractivity contribution is 5.79. The topological polar surface area (TPSA) is 54.4 Å². The second kappa shape index (κ2) is 4.70. The van der Waals surface area contributed by atoms with E-state index in [1.54, 1.807) is 0 Å². The van der Waals surface area contributed by atoms with Crippen molar-refractivity contribution in [3.63, 3.8) is 0 Å². The van der Waals surface area contributed by atoms with Crippen molar-refractivity contribution >= 4 is 12.3 Å². The van der Waals surface area contributed by atoms with Crippen molar-refractivity contribution < 1.29 is 14.7 Å². The summed E-state index contributed by atoms with van der Waals surface area (Å²) < 4.78 is 0. The maximum Gasteiger partial charge on any atom is 0.303 e. The van der Waals surface area contributed by atoms with Crippen LogP contribution in [0.15, 0.2) is 18.2 Å². The van der Waals surface area contributed by atoms with Gasteiger partial charge in [0.25, 0.3) is 0 Å². The Balaban J connectivity index is 2.34. The quantitative estimate of drug-likeness (QED) is 0.794. The summed E-state index contributed by atoms with van der Waals surface area (Å²) in [6, 6.07) is 5.68. The molecule has 0 bridgehead atoms. The van der Waals surface area contributed by atoms with Gasteiger partial charge in [-0.15, -0.1) is 0 Å². The number of rotatable bonds is 5. The Hall–Kier alpha value is -1.64. The molecule has 1 N–H and O–H groups in total. The standard InChI is InChI=1S/C14H16O3/c1-9-2-5-12(11(6-9)8-15)13(7-14(16)17)10-3-4-10/h2,5-6,8,10,13H,3-4,7H2,1H3,(H,16,17). The number of hydrogen-bond donors (Lipinski definition) is 1. The van der Waals surface area contributed by atoms with Gasteiger partial charge in [0.2, 0.25) is 0 Å². The summed E-state index contributed by atoms with van der Waals surface area (Å²) >= 11 is 0. The van der Waals surface area contributed by atoms with Crippen LogP contribution >= 0.6 is 0 Å². The molecule has 0 amide bonds. The lowest BCUT2D eigenvalue weighted by Gasteiger charge is -2.16. The summed E-state index contributed by atoms with van der Waals surface area (Å²) in [6.07, 6.45) is 3.10. The van der Waals surface area contributed by atoms with Gasteiger partial charge in [0.05, 0.1) is 6.42 Å². The normalized spacial score (nSPS) is 16.5. The van der Waals surface area contributed by atoms with Gasteiger partial charge in [-0.2, -0.15) is 0 Å². The number of carbonyl (C=O) groups excluding carboxylic acids is 1. The molecule has 17 heavy (non-hydrogen) atoms. The Kier molecular flexibility index (Phi) is 3.27. The lowest BCUT2D eigenvalue weighted by molar-refractivity contribution is -0.137. The highest BCUT2D eigenvalue weighted by Crippen LogP contribution is 2.45. The minimum atomic E-state index is -0.792. The van der Waals surface area contributed by atoms with E-state index < -0.39 is 5.97 Å². The molecular weight excluding hydrogens is 216 g/mol. The minimum Gasteiger partial charge on any atom is -0.481 e. The average molecular weight is 232 g/mol. The van der Waals surface area contributed by atoms with E-state index in [-0.39, 0.29) is 12.3 Å². The van der Waals surface area contributed by atoms with Gasteiger partial charge >= 0.3 is 5.97 Å². The van der Waals surface area contributed by atoms with Crippen LogP contribution in [0.3, 0.4) is 0 Å². The van der Waals surface area contributed by atoms with E-state index in [1.165, 1.54) is 0 Å². The molecule has 3 nitrogen and oxygen atoms in total. The number of aliphatic carboxylic acids is 1. The second-order valence-corrected chi connectivity index (χ2v) is 4.79. The van der Waals surface area contributed by atoms with E-state index in [1.807, 2.05) is 25.1 Å². The Morgan fingerprint density at radius 2 is 2.24 bits per heavy atom. The molecule has 1 atom stereocenters. The zero-order valence-electron chi connectivity index (χ0n) is 9.85. The molecule has 0 aromatic heterocycles. The van der Waals surface area contributed by atoms with Crippen LogP contribution in [0.4, 0.5) is 0 Å². The summed E-state index contributed by atoms with van der Waals surface area (Å²) in [5, 5.41) is 8.95. The van der Waals surface area contributed by atoms with Gasteiger partial charge in [-0.1, -0.05) is 17.7 Å². The fraction of sp³-hybridized carbons (Fsp3) is 0.429. The van der Waals surface area contributed by atoms with Crippen molar-refractivity contribution in [3.8, 4) is 0 Å². The molecule has 1 aliphatic carbocycles. The molecule has 0 radical (unpaired) electrons. The van der Waals surface area contributed by atoms with Gasteiger partial charge in [0.15, 0.2) is 0 Å². The minimum absolute atomic E-state index is 0.00620. The molecule has 2 rings (SSSR count). The van der Waals surface area contributed by atoms with Gasteiger partial charge < -0.3 is 5.11 Å². The van der Waals surface area contributed by atoms with Crippen LogP contribution in [0.5, 0.6) is 0 Å². The number of carbonyl (C=O) groups is 2. The molecule has 3 heteroatoms. The zero-order chi connectivity index (χ0) is 12.4. The first-order valence-electron chi connectivity index (χ1n) is 5.89. The number of benzene rings is 1. The highest BCUT2D eigenvalue weighted by Gasteiger charge is 2.34.